The number of pyridine rings is 2. The van der Waals surface area contributed by atoms with Crippen molar-refractivity contribution in [1.29, 1.82) is 0 Å². The van der Waals surface area contributed by atoms with Crippen molar-refractivity contribution in [1.82, 2.24) is 14.4 Å². The quantitative estimate of drug-likeness (QED) is 0.0809. The minimum Gasteiger partial charge on any atom is -0.495 e. The fraction of sp³-hybridized carbons (Fsp3) is 0.286. The molecule has 13 heteroatoms. The second-order valence-corrected chi connectivity index (χ2v) is 13.5. The fourth-order valence-corrected chi connectivity index (χ4v) is 5.59. The number of hydrogen-bond donors (Lipinski definition) is 0. The van der Waals surface area contributed by atoms with E-state index < -0.39 is 27.8 Å². The number of benzene rings is 2. The Bertz CT molecular complexity index is 1990. The average Bonchev–Trinajstić information content (AvgIpc) is 3.47. The van der Waals surface area contributed by atoms with E-state index in [1.54, 1.807) is 58.2 Å². The highest BCUT2D eigenvalue weighted by Crippen LogP contribution is 2.28. The van der Waals surface area contributed by atoms with Gasteiger partial charge in [-0.25, -0.2) is 14.8 Å². The van der Waals surface area contributed by atoms with Crippen LogP contribution in [0.5, 0.6) is 5.75 Å². The van der Waals surface area contributed by atoms with Crippen molar-refractivity contribution in [2.45, 2.75) is 38.2 Å². The van der Waals surface area contributed by atoms with Gasteiger partial charge >= 0.3 is 6.09 Å². The lowest BCUT2D eigenvalue weighted by molar-refractivity contribution is 0.0551. The van der Waals surface area contributed by atoms with Gasteiger partial charge in [-0.05, 0) is 69.7 Å². The summed E-state index contributed by atoms with van der Waals surface area (Å²) in [5.41, 5.74) is 3.30. The lowest BCUT2D eigenvalue weighted by Gasteiger charge is -2.27. The van der Waals surface area contributed by atoms with Crippen molar-refractivity contribution in [2.75, 3.05) is 38.4 Å². The summed E-state index contributed by atoms with van der Waals surface area (Å²) in [6.45, 7) is 6.66. The zero-order valence-corrected chi connectivity index (χ0v) is 28.2. The Morgan fingerprint density at radius 2 is 1.58 bits per heavy atom. The molecule has 5 aromatic rings. The van der Waals surface area contributed by atoms with Gasteiger partial charge in [-0.15, -0.1) is 0 Å². The van der Waals surface area contributed by atoms with E-state index in [-0.39, 0.29) is 42.6 Å². The molecule has 0 saturated carbocycles. The highest BCUT2D eigenvalue weighted by molar-refractivity contribution is 7.86. The number of methoxy groups -OCH3 is 1. The lowest BCUT2D eigenvalue weighted by atomic mass is 10.0. The van der Waals surface area contributed by atoms with E-state index in [9.17, 15) is 13.2 Å². The second kappa shape index (κ2) is 14.5. The molecule has 2 aromatic carbocycles. The van der Waals surface area contributed by atoms with Crippen molar-refractivity contribution in [3.05, 3.63) is 96.7 Å². The van der Waals surface area contributed by atoms with Crippen LogP contribution in [-0.2, 0) is 23.8 Å². The molecule has 0 aliphatic heterocycles. The molecule has 0 saturated heterocycles. The summed E-state index contributed by atoms with van der Waals surface area (Å²) in [6.07, 6.45) is 2.99. The third kappa shape index (κ3) is 8.54. The Hall–Kier alpha value is -4.85. The Balaban J connectivity index is 1.24. The number of hydrogen-bond acceptors (Lipinski definition) is 9. The smallest absolute Gasteiger partial charge is 0.416 e. The van der Waals surface area contributed by atoms with Crippen LogP contribution in [0.1, 0.15) is 26.3 Å². The van der Waals surface area contributed by atoms with Gasteiger partial charge in [0.1, 0.15) is 22.8 Å². The van der Waals surface area contributed by atoms with Gasteiger partial charge in [0.25, 0.3) is 10.1 Å². The zero-order chi connectivity index (χ0) is 34.5. The van der Waals surface area contributed by atoms with Crippen LogP contribution in [0.25, 0.3) is 28.0 Å². The molecule has 0 spiro atoms. The van der Waals surface area contributed by atoms with E-state index in [1.807, 2.05) is 48.0 Å². The number of carbonyl (C=O) groups is 1. The minimum atomic E-state index is -3.94. The summed E-state index contributed by atoms with van der Waals surface area (Å²) in [4.78, 5) is 23.0. The Labute approximate surface area is 279 Å². The molecule has 48 heavy (non-hydrogen) atoms. The largest absolute Gasteiger partial charge is 0.495 e. The highest BCUT2D eigenvalue weighted by Gasteiger charge is 2.25. The third-order valence-electron chi connectivity index (χ3n) is 7.11. The first kappa shape index (κ1) is 34.5. The summed E-state index contributed by atoms with van der Waals surface area (Å²) in [5, 5.41) is 0. The summed E-state index contributed by atoms with van der Waals surface area (Å²) in [5.74, 6) is -0.0314. The first-order chi connectivity index (χ1) is 22.8. The number of fused-ring (bicyclic) bond motifs is 1. The molecular formula is C35H37FN4O7S. The van der Waals surface area contributed by atoms with Crippen molar-refractivity contribution in [2.24, 2.45) is 0 Å². The van der Waals surface area contributed by atoms with Gasteiger partial charge in [0.15, 0.2) is 0 Å². The molecule has 252 valence electrons. The molecule has 3 heterocycles. The van der Waals surface area contributed by atoms with Crippen LogP contribution < -0.4 is 9.64 Å². The topological polar surface area (TPSA) is 122 Å². The second-order valence-electron chi connectivity index (χ2n) is 11.9. The van der Waals surface area contributed by atoms with Gasteiger partial charge in [-0.1, -0.05) is 42.0 Å². The molecular weight excluding hydrogens is 639 g/mol. The number of nitrogens with zero attached hydrogens (tertiary/aromatic N) is 4. The number of aromatic nitrogens is 3. The predicted molar refractivity (Wildman–Crippen MR) is 179 cm³/mol. The van der Waals surface area contributed by atoms with E-state index in [1.165, 1.54) is 23.1 Å². The molecule has 0 atom stereocenters. The molecule has 11 nitrogen and oxygen atoms in total. The van der Waals surface area contributed by atoms with Gasteiger partial charge in [-0.3, -0.25) is 9.08 Å². The number of ether oxygens (including phenoxy) is 3. The van der Waals surface area contributed by atoms with Gasteiger partial charge in [0.2, 0.25) is 5.95 Å². The van der Waals surface area contributed by atoms with Crippen molar-refractivity contribution >= 4 is 27.7 Å². The van der Waals surface area contributed by atoms with Crippen molar-refractivity contribution < 1.29 is 36.0 Å². The average molecular weight is 677 g/mol. The first-order valence-electron chi connectivity index (χ1n) is 15.2. The SMILES string of the molecule is COc1ccc2nc(-c3ccc(-c4ccc(N(CCOCCOS(=O)(=O)c5ccc(C)cc5)C(=O)OC(C)(C)C)nc4F)cc3)cn2c1. The first-order valence-corrected chi connectivity index (χ1v) is 16.6. The van der Waals surface area contributed by atoms with Crippen LogP contribution >= 0.6 is 0 Å². The third-order valence-corrected chi connectivity index (χ3v) is 8.44. The van der Waals surface area contributed by atoms with Crippen molar-refractivity contribution in [3.8, 4) is 28.1 Å². The maximum absolute atomic E-state index is 15.5. The number of amides is 1. The number of imidazole rings is 1. The van der Waals surface area contributed by atoms with Gasteiger partial charge < -0.3 is 18.6 Å². The van der Waals surface area contributed by atoms with Gasteiger partial charge in [-0.2, -0.15) is 12.8 Å². The Morgan fingerprint density at radius 3 is 2.25 bits per heavy atom. The number of anilines is 1. The molecule has 0 N–H and O–H groups in total. The normalized spacial score (nSPS) is 11.9. The molecule has 0 fully saturated rings. The molecule has 0 unspecified atom stereocenters. The van der Waals surface area contributed by atoms with Crippen molar-refractivity contribution in [3.63, 3.8) is 0 Å². The van der Waals surface area contributed by atoms with Crippen LogP contribution in [-0.4, -0.2) is 68.0 Å². The maximum Gasteiger partial charge on any atom is 0.416 e. The predicted octanol–water partition coefficient (Wildman–Crippen LogP) is 6.68. The fourth-order valence-electron chi connectivity index (χ4n) is 4.69. The molecule has 5 rings (SSSR count). The van der Waals surface area contributed by atoms with Crippen LogP contribution in [0.4, 0.5) is 15.0 Å². The summed E-state index contributed by atoms with van der Waals surface area (Å²) < 4.78 is 63.5. The molecule has 0 aliphatic carbocycles. The summed E-state index contributed by atoms with van der Waals surface area (Å²) >= 11 is 0. The highest BCUT2D eigenvalue weighted by atomic mass is 32.2. The number of rotatable bonds is 12. The Morgan fingerprint density at radius 1 is 0.875 bits per heavy atom. The molecule has 0 aliphatic rings. The molecule has 0 bridgehead atoms. The number of aryl methyl sites for hydroxylation is 1. The molecule has 1 amide bonds. The van der Waals surface area contributed by atoms with E-state index in [0.717, 1.165) is 22.5 Å². The number of halogens is 1. The molecule has 3 aromatic heterocycles. The summed E-state index contributed by atoms with van der Waals surface area (Å²) in [6, 6.07) is 20.3. The van der Waals surface area contributed by atoms with Crippen LogP contribution in [0, 0.1) is 12.9 Å². The van der Waals surface area contributed by atoms with Crippen LogP contribution in [0.3, 0.4) is 0 Å². The van der Waals surface area contributed by atoms with E-state index in [2.05, 4.69) is 9.97 Å². The monoisotopic (exact) mass is 676 g/mol. The van der Waals surface area contributed by atoms with E-state index in [4.69, 9.17) is 18.4 Å². The maximum atomic E-state index is 15.5. The van der Waals surface area contributed by atoms with Crippen LogP contribution in [0.15, 0.2) is 90.1 Å². The zero-order valence-electron chi connectivity index (χ0n) is 27.3. The molecule has 0 radical (unpaired) electrons. The van der Waals surface area contributed by atoms with E-state index >= 15 is 4.39 Å². The van der Waals surface area contributed by atoms with E-state index in [0.29, 0.717) is 11.3 Å². The minimum absolute atomic E-state index is 0.0183. The van der Waals surface area contributed by atoms with Crippen LogP contribution in [0.2, 0.25) is 0 Å². The Kier molecular flexibility index (Phi) is 10.4. The lowest BCUT2D eigenvalue weighted by Crippen LogP contribution is -2.39. The number of carbonyl (C=O) groups excluding carboxylic acids is 1. The standard InChI is InChI=1S/C35H37FN4O7S/c1-24-6-13-28(14-7-24)48(42,43)46-21-20-45-19-18-40(34(41)47-35(2,3)4)32-17-15-29(33(36)38-32)25-8-10-26(11-9-25)30-23-39-22-27(44-5)12-16-31(39)37-30/h6-17,22-23H,18-21H2,1-5H3. The summed E-state index contributed by atoms with van der Waals surface area (Å²) in [7, 11) is -2.34. The van der Waals surface area contributed by atoms with Gasteiger partial charge in [0, 0.05) is 17.3 Å². The van der Waals surface area contributed by atoms with Gasteiger partial charge in [0.05, 0.1) is 50.3 Å².